The number of carbonyl (C=O) groups excluding carboxylic acids is 2. The summed E-state index contributed by atoms with van der Waals surface area (Å²) in [5.74, 6) is 2.38. The van der Waals surface area contributed by atoms with E-state index in [1.54, 1.807) is 66.6 Å². The smallest absolute Gasteiger partial charge is 0.341 e. The third kappa shape index (κ3) is 11.8. The summed E-state index contributed by atoms with van der Waals surface area (Å²) in [6.07, 6.45) is 5.72. The third-order valence-corrected chi connectivity index (χ3v) is 9.79. The summed E-state index contributed by atoms with van der Waals surface area (Å²) in [4.78, 5) is 29.6. The van der Waals surface area contributed by atoms with Gasteiger partial charge >= 0.3 is 12.0 Å². The number of sulfonamides is 1. The van der Waals surface area contributed by atoms with Crippen molar-refractivity contribution in [2.45, 2.75) is 32.7 Å². The molecule has 62 heavy (non-hydrogen) atoms. The summed E-state index contributed by atoms with van der Waals surface area (Å²) in [6, 6.07) is 22.7. The van der Waals surface area contributed by atoms with Gasteiger partial charge in [0.1, 0.15) is 35.4 Å². The van der Waals surface area contributed by atoms with Crippen molar-refractivity contribution in [3.8, 4) is 28.7 Å². The monoisotopic (exact) mass is 867 g/mol. The molecular formula is C44H49N7O10S. The van der Waals surface area contributed by atoms with E-state index in [2.05, 4.69) is 30.8 Å². The zero-order valence-corrected chi connectivity index (χ0v) is 36.2. The molecule has 0 aliphatic rings. The van der Waals surface area contributed by atoms with Crippen LogP contribution in [0.4, 0.5) is 33.4 Å². The van der Waals surface area contributed by atoms with Gasteiger partial charge in [0.2, 0.25) is 10.0 Å². The van der Waals surface area contributed by atoms with Gasteiger partial charge in [-0.2, -0.15) is 5.10 Å². The predicted octanol–water partition coefficient (Wildman–Crippen LogP) is 8.18. The molecule has 2 heterocycles. The topological polar surface area (TPSA) is 202 Å². The first kappa shape index (κ1) is 44.5. The van der Waals surface area contributed by atoms with E-state index in [1.165, 1.54) is 20.4 Å². The second-order valence-electron chi connectivity index (χ2n) is 14.9. The number of carbonyl (C=O) groups is 2. The molecule has 0 saturated carbocycles. The van der Waals surface area contributed by atoms with Gasteiger partial charge in [-0.3, -0.25) is 9.40 Å². The molecule has 2 amide bonds. The Morgan fingerprint density at radius 1 is 0.790 bits per heavy atom. The molecule has 326 valence electrons. The van der Waals surface area contributed by atoms with Crippen LogP contribution in [0.1, 0.15) is 36.7 Å². The zero-order chi connectivity index (χ0) is 44.4. The Morgan fingerprint density at radius 2 is 1.53 bits per heavy atom. The molecule has 0 spiro atoms. The Kier molecular flexibility index (Phi) is 14.0. The molecule has 6 rings (SSSR count). The van der Waals surface area contributed by atoms with Crippen molar-refractivity contribution >= 4 is 61.4 Å². The lowest BCUT2D eigenvalue weighted by Crippen LogP contribution is -2.22. The highest BCUT2D eigenvalue weighted by Gasteiger charge is 2.23. The van der Waals surface area contributed by atoms with Gasteiger partial charge in [-0.15, -0.1) is 0 Å². The van der Waals surface area contributed by atoms with E-state index in [0.717, 1.165) is 17.2 Å². The lowest BCUT2D eigenvalue weighted by atomic mass is 9.86. The Morgan fingerprint density at radius 3 is 2.26 bits per heavy atom. The minimum atomic E-state index is -3.65. The summed E-state index contributed by atoms with van der Waals surface area (Å²) >= 11 is 0. The van der Waals surface area contributed by atoms with E-state index < -0.39 is 22.0 Å². The number of nitrogens with zero attached hydrogens (tertiary/aromatic N) is 3. The van der Waals surface area contributed by atoms with Crippen LogP contribution in [0.3, 0.4) is 0 Å². The molecule has 0 fully saturated rings. The number of hydrogen-bond acceptors (Lipinski definition) is 13. The van der Waals surface area contributed by atoms with Gasteiger partial charge in [-0.05, 0) is 41.3 Å². The van der Waals surface area contributed by atoms with Gasteiger partial charge < -0.3 is 44.4 Å². The average Bonchev–Trinajstić information content (AvgIpc) is 3.71. The average molecular weight is 868 g/mol. The van der Waals surface area contributed by atoms with Gasteiger partial charge in [-0.25, -0.2) is 23.0 Å². The molecule has 0 bridgehead atoms. The fourth-order valence-electron chi connectivity index (χ4n) is 6.25. The Hall–Kier alpha value is -7.05. The second kappa shape index (κ2) is 19.6. The number of rotatable bonds is 18. The fourth-order valence-corrected chi connectivity index (χ4v) is 6.80. The minimum absolute atomic E-state index is 0.165. The normalized spacial score (nSPS) is 11.4. The summed E-state index contributed by atoms with van der Waals surface area (Å²) in [6.45, 7) is 7.36. The van der Waals surface area contributed by atoms with Crippen LogP contribution < -0.4 is 39.6 Å². The number of benzene rings is 4. The number of methoxy groups -OCH3 is 3. The number of amides is 2. The largest absolute Gasteiger partial charge is 0.497 e. The zero-order valence-electron chi connectivity index (χ0n) is 35.4. The van der Waals surface area contributed by atoms with E-state index in [0.29, 0.717) is 70.9 Å². The SMILES string of the molecule is COC(=O)c1cnn(CCOCCOc2cc(Nc3cc(Oc4ccc(NC(=O)Nc5cc(C(C)(C)C)cc(NS(C)(=O)=O)c5OC)c5ccccc45)ccn3)cc(OC)c2)c1. The number of aromatic nitrogens is 3. The van der Waals surface area contributed by atoms with E-state index in [9.17, 15) is 18.0 Å². The number of hydrogen-bond donors (Lipinski definition) is 4. The first-order valence-electron chi connectivity index (χ1n) is 19.3. The molecule has 0 unspecified atom stereocenters. The number of ether oxygens (including phenoxy) is 6. The summed E-state index contributed by atoms with van der Waals surface area (Å²) in [7, 11) is 0.639. The van der Waals surface area contributed by atoms with Crippen LogP contribution in [-0.4, -0.2) is 82.6 Å². The number of anilines is 5. The number of esters is 1. The Bertz CT molecular complexity index is 2660. The van der Waals surface area contributed by atoms with Gasteiger partial charge in [0.05, 0.1) is 76.2 Å². The van der Waals surface area contributed by atoms with Crippen molar-refractivity contribution in [2.75, 3.05) is 68.1 Å². The highest BCUT2D eigenvalue weighted by atomic mass is 32.2. The van der Waals surface area contributed by atoms with E-state index in [4.69, 9.17) is 28.4 Å². The molecule has 4 aromatic carbocycles. The summed E-state index contributed by atoms with van der Waals surface area (Å²) in [5.41, 5.74) is 2.44. The fraction of sp³-hybridized carbons (Fsp3) is 0.273. The summed E-state index contributed by atoms with van der Waals surface area (Å²) < 4.78 is 62.3. The molecule has 0 radical (unpaired) electrons. The van der Waals surface area contributed by atoms with Crippen LogP contribution in [0.2, 0.25) is 0 Å². The van der Waals surface area contributed by atoms with Crippen molar-refractivity contribution in [3.63, 3.8) is 0 Å². The van der Waals surface area contributed by atoms with Crippen molar-refractivity contribution in [2.24, 2.45) is 0 Å². The Balaban J connectivity index is 1.10. The lowest BCUT2D eigenvalue weighted by Gasteiger charge is -2.24. The molecule has 6 aromatic rings. The molecular weight excluding hydrogens is 819 g/mol. The number of nitrogens with one attached hydrogen (secondary N) is 4. The minimum Gasteiger partial charge on any atom is -0.497 e. The van der Waals surface area contributed by atoms with Crippen LogP contribution in [-0.2, 0) is 31.5 Å². The molecule has 0 aliphatic heterocycles. The molecule has 0 aliphatic carbocycles. The van der Waals surface area contributed by atoms with Crippen LogP contribution in [0, 0.1) is 0 Å². The predicted molar refractivity (Wildman–Crippen MR) is 237 cm³/mol. The maximum atomic E-state index is 13.5. The van der Waals surface area contributed by atoms with Crippen molar-refractivity contribution in [1.29, 1.82) is 0 Å². The van der Waals surface area contributed by atoms with Crippen LogP contribution in [0.25, 0.3) is 10.8 Å². The van der Waals surface area contributed by atoms with E-state index in [-0.39, 0.29) is 29.1 Å². The number of fused-ring (bicyclic) bond motifs is 1. The van der Waals surface area contributed by atoms with E-state index >= 15 is 0 Å². The number of pyridine rings is 1. The van der Waals surface area contributed by atoms with Crippen molar-refractivity contribution in [3.05, 3.63) is 109 Å². The van der Waals surface area contributed by atoms with Crippen LogP contribution >= 0.6 is 0 Å². The highest BCUT2D eigenvalue weighted by Crippen LogP contribution is 2.40. The van der Waals surface area contributed by atoms with E-state index in [1.807, 2.05) is 57.2 Å². The Labute approximate surface area is 359 Å². The standard InChI is InChI=1S/C44H49N7O10S/c1-44(2,3)29-20-37(41(57-5)38(21-29)50-62(7,54)55)49-43(53)48-36-12-13-39(35-11-9-8-10-34(35)36)61-31-14-15-45-40(25-31)47-30-22-32(56-4)24-33(23-30)60-19-18-59-17-16-51-27-28(26-46-51)42(52)58-6/h8-15,20-27,50H,16-19H2,1-7H3,(H,45,47)(H2,48,49,53). The maximum Gasteiger partial charge on any atom is 0.341 e. The molecule has 17 nitrogen and oxygen atoms in total. The molecule has 18 heteroatoms. The summed E-state index contributed by atoms with van der Waals surface area (Å²) in [5, 5.41) is 14.6. The maximum absolute atomic E-state index is 13.5. The molecule has 0 atom stereocenters. The number of urea groups is 1. The van der Waals surface area contributed by atoms with Gasteiger partial charge in [0.25, 0.3) is 0 Å². The first-order valence-corrected chi connectivity index (χ1v) is 21.2. The first-order chi connectivity index (χ1) is 29.6. The molecule has 2 aromatic heterocycles. The van der Waals surface area contributed by atoms with Gasteiger partial charge in [0, 0.05) is 53.1 Å². The van der Waals surface area contributed by atoms with Gasteiger partial charge in [0.15, 0.2) is 5.75 Å². The van der Waals surface area contributed by atoms with Crippen LogP contribution in [0.15, 0.2) is 97.5 Å². The second-order valence-corrected chi connectivity index (χ2v) is 16.7. The van der Waals surface area contributed by atoms with Crippen molar-refractivity contribution in [1.82, 2.24) is 14.8 Å². The highest BCUT2D eigenvalue weighted by molar-refractivity contribution is 7.92. The van der Waals surface area contributed by atoms with Gasteiger partial charge in [-0.1, -0.05) is 45.0 Å². The lowest BCUT2D eigenvalue weighted by molar-refractivity contribution is 0.0600. The molecule has 0 saturated heterocycles. The van der Waals surface area contributed by atoms with Crippen molar-refractivity contribution < 1.29 is 46.4 Å². The van der Waals surface area contributed by atoms with Crippen LogP contribution in [0.5, 0.6) is 28.7 Å². The third-order valence-electron chi connectivity index (χ3n) is 9.20. The molecule has 4 N–H and O–H groups in total. The quantitative estimate of drug-likeness (QED) is 0.0476.